The molecule has 2 aromatic rings. The normalized spacial score (nSPS) is 11.2. The van der Waals surface area contributed by atoms with Gasteiger partial charge < -0.3 is 10.6 Å². The Hall–Kier alpha value is -2.07. The van der Waals surface area contributed by atoms with Crippen molar-refractivity contribution in [2.75, 3.05) is 13.6 Å². The lowest BCUT2D eigenvalue weighted by Gasteiger charge is -2.12. The van der Waals surface area contributed by atoms with Gasteiger partial charge in [-0.25, -0.2) is 0 Å². The molecule has 0 aliphatic carbocycles. The van der Waals surface area contributed by atoms with E-state index in [1.54, 1.807) is 13.2 Å². The van der Waals surface area contributed by atoms with Crippen molar-refractivity contribution in [1.82, 2.24) is 15.6 Å². The van der Waals surface area contributed by atoms with E-state index in [2.05, 4.69) is 20.6 Å². The van der Waals surface area contributed by atoms with Gasteiger partial charge in [0.1, 0.15) is 0 Å². The zero-order valence-electron chi connectivity index (χ0n) is 12.0. The van der Waals surface area contributed by atoms with Crippen LogP contribution in [-0.2, 0) is 13.0 Å². The molecule has 21 heavy (non-hydrogen) atoms. The summed E-state index contributed by atoms with van der Waals surface area (Å²) >= 11 is 6.13. The molecule has 1 aromatic heterocycles. The number of nitrogens with zero attached hydrogens (tertiary/aromatic N) is 2. The van der Waals surface area contributed by atoms with Crippen LogP contribution in [0, 0.1) is 0 Å². The van der Waals surface area contributed by atoms with E-state index in [0.717, 1.165) is 35.2 Å². The van der Waals surface area contributed by atoms with Crippen molar-refractivity contribution in [1.29, 1.82) is 0 Å². The first-order valence-corrected chi connectivity index (χ1v) is 7.25. The van der Waals surface area contributed by atoms with Crippen molar-refractivity contribution < 1.29 is 0 Å². The first-order chi connectivity index (χ1) is 10.3. The van der Waals surface area contributed by atoms with E-state index in [4.69, 9.17) is 11.6 Å². The molecule has 110 valence electrons. The van der Waals surface area contributed by atoms with Crippen LogP contribution in [0.4, 0.5) is 0 Å². The van der Waals surface area contributed by atoms with Crippen LogP contribution in [0.15, 0.2) is 53.7 Å². The fourth-order valence-electron chi connectivity index (χ4n) is 1.90. The van der Waals surface area contributed by atoms with E-state index < -0.39 is 0 Å². The van der Waals surface area contributed by atoms with Crippen molar-refractivity contribution in [2.45, 2.75) is 13.0 Å². The third-order valence-electron chi connectivity index (χ3n) is 3.03. The number of pyridine rings is 1. The van der Waals surface area contributed by atoms with Gasteiger partial charge in [0.15, 0.2) is 5.96 Å². The molecular formula is C16H19ClN4. The summed E-state index contributed by atoms with van der Waals surface area (Å²) in [5.41, 5.74) is 2.11. The van der Waals surface area contributed by atoms with Crippen LogP contribution in [0.5, 0.6) is 0 Å². The molecule has 4 nitrogen and oxygen atoms in total. The van der Waals surface area contributed by atoms with Crippen LogP contribution in [0.25, 0.3) is 0 Å². The molecule has 2 N–H and O–H groups in total. The maximum atomic E-state index is 6.13. The number of halogens is 1. The molecule has 0 saturated heterocycles. The van der Waals surface area contributed by atoms with Gasteiger partial charge in [-0.3, -0.25) is 9.98 Å². The Morgan fingerprint density at radius 1 is 1.14 bits per heavy atom. The molecule has 1 heterocycles. The zero-order chi connectivity index (χ0) is 14.9. The second-order valence-electron chi connectivity index (χ2n) is 4.52. The Bertz CT molecular complexity index is 584. The molecule has 0 fully saturated rings. The molecule has 0 unspecified atom stereocenters. The number of rotatable bonds is 5. The van der Waals surface area contributed by atoms with Crippen molar-refractivity contribution in [2.24, 2.45) is 4.99 Å². The molecular weight excluding hydrogens is 284 g/mol. The lowest BCUT2D eigenvalue weighted by atomic mass is 10.2. The highest BCUT2D eigenvalue weighted by atomic mass is 35.5. The third kappa shape index (κ3) is 5.08. The molecule has 0 amide bonds. The van der Waals surface area contributed by atoms with Gasteiger partial charge >= 0.3 is 0 Å². The van der Waals surface area contributed by atoms with E-state index in [9.17, 15) is 0 Å². The summed E-state index contributed by atoms with van der Waals surface area (Å²) in [6, 6.07) is 13.7. The molecule has 0 atom stereocenters. The van der Waals surface area contributed by atoms with E-state index in [1.807, 2.05) is 42.5 Å². The topological polar surface area (TPSA) is 49.3 Å². The quantitative estimate of drug-likeness (QED) is 0.659. The number of aliphatic imine (C=N–C) groups is 1. The minimum atomic E-state index is 0.642. The lowest BCUT2D eigenvalue weighted by Crippen LogP contribution is -2.38. The highest BCUT2D eigenvalue weighted by Gasteiger charge is 2.01. The summed E-state index contributed by atoms with van der Waals surface area (Å²) in [5.74, 6) is 0.755. The molecule has 5 heteroatoms. The predicted octanol–water partition coefficient (Wildman–Crippen LogP) is 2.64. The predicted molar refractivity (Wildman–Crippen MR) is 87.6 cm³/mol. The number of aromatic nitrogens is 1. The fraction of sp³-hybridized carbons (Fsp3) is 0.250. The number of nitrogens with one attached hydrogen (secondary N) is 2. The summed E-state index contributed by atoms with van der Waals surface area (Å²) in [7, 11) is 1.75. The number of guanidine groups is 1. The van der Waals surface area contributed by atoms with Crippen LogP contribution < -0.4 is 10.6 Å². The fourth-order valence-corrected chi connectivity index (χ4v) is 2.10. The smallest absolute Gasteiger partial charge is 0.191 e. The van der Waals surface area contributed by atoms with Crippen LogP contribution >= 0.6 is 11.6 Å². The summed E-state index contributed by atoms with van der Waals surface area (Å²) in [6.45, 7) is 1.42. The molecule has 0 radical (unpaired) electrons. The molecule has 0 bridgehead atoms. The van der Waals surface area contributed by atoms with Gasteiger partial charge in [0.2, 0.25) is 0 Å². The van der Waals surface area contributed by atoms with Crippen LogP contribution in [0.2, 0.25) is 5.02 Å². The van der Waals surface area contributed by atoms with Crippen LogP contribution in [0.3, 0.4) is 0 Å². The average molecular weight is 303 g/mol. The highest BCUT2D eigenvalue weighted by Crippen LogP contribution is 2.14. The Balaban J connectivity index is 1.78. The number of hydrogen-bond acceptors (Lipinski definition) is 2. The second kappa shape index (κ2) is 8.27. The summed E-state index contributed by atoms with van der Waals surface area (Å²) in [4.78, 5) is 8.48. The maximum absolute atomic E-state index is 6.13. The molecule has 0 aliphatic heterocycles. The average Bonchev–Trinajstić information content (AvgIpc) is 2.53. The van der Waals surface area contributed by atoms with Gasteiger partial charge in [0.25, 0.3) is 0 Å². The van der Waals surface area contributed by atoms with Crippen LogP contribution in [-0.4, -0.2) is 24.5 Å². The lowest BCUT2D eigenvalue weighted by molar-refractivity contribution is 0.784. The zero-order valence-corrected chi connectivity index (χ0v) is 12.8. The van der Waals surface area contributed by atoms with Gasteiger partial charge in [0.05, 0.1) is 0 Å². The van der Waals surface area contributed by atoms with Gasteiger partial charge in [-0.05, 0) is 23.8 Å². The minimum Gasteiger partial charge on any atom is -0.356 e. The Labute approximate surface area is 130 Å². The highest BCUT2D eigenvalue weighted by molar-refractivity contribution is 6.31. The molecule has 2 rings (SSSR count). The monoisotopic (exact) mass is 302 g/mol. The summed E-state index contributed by atoms with van der Waals surface area (Å²) in [6.07, 6.45) is 2.66. The SMILES string of the molecule is CN=C(NCCc1ccccn1)NCc1ccccc1Cl. The van der Waals surface area contributed by atoms with Gasteiger partial charge in [-0.2, -0.15) is 0 Å². The van der Waals surface area contributed by atoms with Crippen LogP contribution in [0.1, 0.15) is 11.3 Å². The number of hydrogen-bond donors (Lipinski definition) is 2. The van der Waals surface area contributed by atoms with Gasteiger partial charge in [-0.1, -0.05) is 35.9 Å². The Morgan fingerprint density at radius 3 is 2.67 bits per heavy atom. The van der Waals surface area contributed by atoms with E-state index in [1.165, 1.54) is 0 Å². The third-order valence-corrected chi connectivity index (χ3v) is 3.40. The van der Waals surface area contributed by atoms with Crippen molar-refractivity contribution in [3.63, 3.8) is 0 Å². The Kier molecular flexibility index (Phi) is 6.03. The van der Waals surface area contributed by atoms with Crippen molar-refractivity contribution >= 4 is 17.6 Å². The Morgan fingerprint density at radius 2 is 1.95 bits per heavy atom. The van der Waals surface area contributed by atoms with Gasteiger partial charge in [0, 0.05) is 43.5 Å². The first-order valence-electron chi connectivity index (χ1n) is 6.87. The molecule has 0 aliphatic rings. The van der Waals surface area contributed by atoms with E-state index >= 15 is 0 Å². The van der Waals surface area contributed by atoms with Crippen molar-refractivity contribution in [3.8, 4) is 0 Å². The van der Waals surface area contributed by atoms with E-state index in [-0.39, 0.29) is 0 Å². The molecule has 1 aromatic carbocycles. The van der Waals surface area contributed by atoms with Crippen molar-refractivity contribution in [3.05, 3.63) is 64.9 Å². The summed E-state index contributed by atoms with van der Waals surface area (Å²) < 4.78 is 0. The van der Waals surface area contributed by atoms with Gasteiger partial charge in [-0.15, -0.1) is 0 Å². The largest absolute Gasteiger partial charge is 0.356 e. The minimum absolute atomic E-state index is 0.642. The maximum Gasteiger partial charge on any atom is 0.191 e. The molecule has 0 spiro atoms. The first kappa shape index (κ1) is 15.3. The number of benzene rings is 1. The van der Waals surface area contributed by atoms with E-state index in [0.29, 0.717) is 6.54 Å². The molecule has 0 saturated carbocycles. The summed E-state index contributed by atoms with van der Waals surface area (Å²) in [5, 5.41) is 7.27. The standard InChI is InChI=1S/C16H19ClN4/c1-18-16(20-11-9-14-7-4-5-10-19-14)21-12-13-6-2-3-8-15(13)17/h2-8,10H,9,11-12H2,1H3,(H2,18,20,21). The second-order valence-corrected chi connectivity index (χ2v) is 4.92.